The Bertz CT molecular complexity index is 945. The van der Waals surface area contributed by atoms with E-state index in [1.54, 1.807) is 20.8 Å². The van der Waals surface area contributed by atoms with Gasteiger partial charge in [-0.25, -0.2) is 8.78 Å². The minimum atomic E-state index is -2.41. The quantitative estimate of drug-likeness (QED) is 0.638. The number of aliphatic hydroxyl groups is 2. The van der Waals surface area contributed by atoms with Gasteiger partial charge in [-0.05, 0) is 43.8 Å². The maximum Gasteiger partial charge on any atom is 0.303 e. The van der Waals surface area contributed by atoms with E-state index in [0.717, 1.165) is 6.92 Å². The molecule has 0 aromatic carbocycles. The molecule has 0 aromatic heterocycles. The molecule has 3 saturated carbocycles. The van der Waals surface area contributed by atoms with Gasteiger partial charge in [-0.1, -0.05) is 25.5 Å². The zero-order chi connectivity index (χ0) is 23.9. The topological polar surface area (TPSA) is 101 Å². The number of rotatable bonds is 3. The fourth-order valence-corrected chi connectivity index (χ4v) is 7.36. The molecular weight excluding hydrogens is 422 g/mol. The third-order valence-corrected chi connectivity index (χ3v) is 9.03. The molecule has 9 atom stereocenters. The maximum absolute atomic E-state index is 17.0. The van der Waals surface area contributed by atoms with Crippen LogP contribution in [0.5, 0.6) is 0 Å². The molecule has 4 rings (SSSR count). The minimum absolute atomic E-state index is 0.156. The lowest BCUT2D eigenvalue weighted by Gasteiger charge is -2.63. The van der Waals surface area contributed by atoms with Crippen molar-refractivity contribution in [1.82, 2.24) is 0 Å². The average molecular weight is 452 g/mol. The highest BCUT2D eigenvalue weighted by Gasteiger charge is 2.77. The first-order chi connectivity index (χ1) is 14.7. The molecular formula is C24H30F2O6. The van der Waals surface area contributed by atoms with Crippen LogP contribution in [-0.4, -0.2) is 57.9 Å². The van der Waals surface area contributed by atoms with Crippen LogP contribution in [0.4, 0.5) is 8.78 Å². The number of ketones is 2. The Morgan fingerprint density at radius 3 is 2.59 bits per heavy atom. The average Bonchev–Trinajstić information content (AvgIpc) is 2.89. The summed E-state index contributed by atoms with van der Waals surface area (Å²) in [5.74, 6) is -4.43. The smallest absolute Gasteiger partial charge is 0.303 e. The third-order valence-electron chi connectivity index (χ3n) is 9.03. The predicted molar refractivity (Wildman–Crippen MR) is 110 cm³/mol. The van der Waals surface area contributed by atoms with Crippen molar-refractivity contribution in [3.63, 3.8) is 0 Å². The summed E-state index contributed by atoms with van der Waals surface area (Å²) in [6.07, 6.45) is 0.294. The zero-order valence-corrected chi connectivity index (χ0v) is 18.7. The SMILES string of the molecule is CC(=O)OCC(=O)[C@@]1(O)C(C)C[C@H]2[C@@H]3C(F)CC4=CC(=O)C=C[C@]4(C)[C@@]3(F)C(O)C[C@@]21C. The van der Waals surface area contributed by atoms with Gasteiger partial charge < -0.3 is 14.9 Å². The third kappa shape index (κ3) is 2.65. The first-order valence-electron chi connectivity index (χ1n) is 11.1. The summed E-state index contributed by atoms with van der Waals surface area (Å²) in [5.41, 5.74) is -6.81. The van der Waals surface area contributed by atoms with Crippen molar-refractivity contribution >= 4 is 17.5 Å². The van der Waals surface area contributed by atoms with Crippen LogP contribution >= 0.6 is 0 Å². The fraction of sp³-hybridized carbons (Fsp3) is 0.708. The number of carbonyl (C=O) groups is 3. The number of Topliss-reactive ketones (excluding diaryl/α,β-unsaturated/α-hetero) is 1. The van der Waals surface area contributed by atoms with Crippen LogP contribution < -0.4 is 0 Å². The van der Waals surface area contributed by atoms with Gasteiger partial charge in [0.15, 0.2) is 18.1 Å². The van der Waals surface area contributed by atoms with Gasteiger partial charge in [0.2, 0.25) is 5.78 Å². The van der Waals surface area contributed by atoms with Crippen molar-refractivity contribution in [2.75, 3.05) is 6.61 Å². The Kier molecular flexibility index (Phi) is 5.11. The van der Waals surface area contributed by atoms with E-state index in [4.69, 9.17) is 4.74 Å². The summed E-state index contributed by atoms with van der Waals surface area (Å²) in [5, 5.41) is 22.8. The Morgan fingerprint density at radius 1 is 1.31 bits per heavy atom. The monoisotopic (exact) mass is 452 g/mol. The molecule has 3 fully saturated rings. The van der Waals surface area contributed by atoms with Gasteiger partial charge >= 0.3 is 5.97 Å². The molecule has 0 radical (unpaired) electrons. The standard InChI is InChI=1S/C24H30F2O6/c1-12-7-16-20-17(25)9-14-8-15(28)5-6-21(14,3)23(20,26)18(29)10-22(16,4)24(12,31)19(30)11-32-13(2)27/h5-6,8,12,16-18,20,29,31H,7,9-11H2,1-4H3/t12?,16-,17?,18?,20+,21-,22-,23+,24-/m0/s1. The molecule has 2 N–H and O–H groups in total. The molecule has 176 valence electrons. The first kappa shape index (κ1) is 23.2. The summed E-state index contributed by atoms with van der Waals surface area (Å²) in [7, 11) is 0. The van der Waals surface area contributed by atoms with E-state index in [2.05, 4.69) is 0 Å². The predicted octanol–water partition coefficient (Wildman–Crippen LogP) is 2.41. The lowest BCUT2D eigenvalue weighted by molar-refractivity contribution is -0.232. The summed E-state index contributed by atoms with van der Waals surface area (Å²) in [6, 6.07) is 0. The summed E-state index contributed by atoms with van der Waals surface area (Å²) in [6.45, 7) is 5.31. The largest absolute Gasteiger partial charge is 0.458 e. The van der Waals surface area contributed by atoms with E-state index in [9.17, 15) is 24.6 Å². The highest BCUT2D eigenvalue weighted by molar-refractivity contribution is 6.01. The van der Waals surface area contributed by atoms with E-state index < -0.39 is 70.5 Å². The van der Waals surface area contributed by atoms with Crippen LogP contribution in [0.1, 0.15) is 47.0 Å². The van der Waals surface area contributed by atoms with Gasteiger partial charge in [0, 0.05) is 30.1 Å². The molecule has 0 bridgehead atoms. The molecule has 0 saturated heterocycles. The fourth-order valence-electron chi connectivity index (χ4n) is 7.36. The lowest BCUT2D eigenvalue weighted by Crippen LogP contribution is -2.71. The maximum atomic E-state index is 17.0. The van der Waals surface area contributed by atoms with Crippen molar-refractivity contribution in [3.8, 4) is 0 Å². The van der Waals surface area contributed by atoms with E-state index in [1.165, 1.54) is 18.2 Å². The molecule has 0 heterocycles. The molecule has 6 nitrogen and oxygen atoms in total. The summed E-state index contributed by atoms with van der Waals surface area (Å²) < 4.78 is 37.5. The molecule has 3 unspecified atom stereocenters. The van der Waals surface area contributed by atoms with Gasteiger partial charge in [-0.2, -0.15) is 0 Å². The molecule has 32 heavy (non-hydrogen) atoms. The Hall–Kier alpha value is -1.93. The number of alkyl halides is 2. The van der Waals surface area contributed by atoms with E-state index in [1.807, 2.05) is 0 Å². The van der Waals surface area contributed by atoms with Gasteiger partial charge in [-0.3, -0.25) is 14.4 Å². The number of aliphatic hydroxyl groups excluding tert-OH is 1. The second-order valence-electron chi connectivity index (χ2n) is 10.5. The number of hydrogen-bond acceptors (Lipinski definition) is 6. The molecule has 0 spiro atoms. The van der Waals surface area contributed by atoms with Gasteiger partial charge in [0.25, 0.3) is 0 Å². The Labute approximate surface area is 185 Å². The summed E-state index contributed by atoms with van der Waals surface area (Å²) in [4.78, 5) is 36.1. The number of halogens is 2. The Balaban J connectivity index is 1.80. The molecule has 0 amide bonds. The Morgan fingerprint density at radius 2 is 1.97 bits per heavy atom. The molecule has 4 aliphatic rings. The highest BCUT2D eigenvalue weighted by Crippen LogP contribution is 2.71. The second-order valence-corrected chi connectivity index (χ2v) is 10.5. The number of allylic oxidation sites excluding steroid dienone is 4. The van der Waals surface area contributed by atoms with Crippen molar-refractivity contribution in [3.05, 3.63) is 23.8 Å². The lowest BCUT2D eigenvalue weighted by atomic mass is 9.44. The van der Waals surface area contributed by atoms with Crippen LogP contribution in [0.2, 0.25) is 0 Å². The van der Waals surface area contributed by atoms with Crippen molar-refractivity contribution in [2.45, 2.75) is 70.5 Å². The number of carbonyl (C=O) groups excluding carboxylic acids is 3. The van der Waals surface area contributed by atoms with Gasteiger partial charge in [0.1, 0.15) is 11.8 Å². The van der Waals surface area contributed by atoms with E-state index in [0.29, 0.717) is 5.57 Å². The van der Waals surface area contributed by atoms with E-state index >= 15 is 8.78 Å². The zero-order valence-electron chi connectivity index (χ0n) is 18.7. The first-order valence-corrected chi connectivity index (χ1v) is 11.1. The highest BCUT2D eigenvalue weighted by atomic mass is 19.2. The molecule has 4 aliphatic carbocycles. The normalized spacial score (nSPS) is 49.6. The van der Waals surface area contributed by atoms with Crippen molar-refractivity contribution in [1.29, 1.82) is 0 Å². The number of hydrogen-bond donors (Lipinski definition) is 2. The second kappa shape index (κ2) is 7.03. The number of ether oxygens (including phenoxy) is 1. The van der Waals surface area contributed by atoms with Crippen LogP contribution in [0.15, 0.2) is 23.8 Å². The number of fused-ring (bicyclic) bond motifs is 5. The van der Waals surface area contributed by atoms with Crippen LogP contribution in [0.3, 0.4) is 0 Å². The van der Waals surface area contributed by atoms with Crippen LogP contribution in [0.25, 0.3) is 0 Å². The number of esters is 1. The summed E-state index contributed by atoms with van der Waals surface area (Å²) >= 11 is 0. The molecule has 0 aromatic rings. The van der Waals surface area contributed by atoms with E-state index in [-0.39, 0.29) is 25.0 Å². The van der Waals surface area contributed by atoms with Gasteiger partial charge in [-0.15, -0.1) is 0 Å². The van der Waals surface area contributed by atoms with Gasteiger partial charge in [0.05, 0.1) is 6.10 Å². The molecule has 0 aliphatic heterocycles. The molecule has 8 heteroatoms. The van der Waals surface area contributed by atoms with Crippen LogP contribution in [-0.2, 0) is 19.1 Å². The van der Waals surface area contributed by atoms with Crippen molar-refractivity contribution in [2.24, 2.45) is 28.6 Å². The van der Waals surface area contributed by atoms with Crippen molar-refractivity contribution < 1.29 is 38.1 Å². The van der Waals surface area contributed by atoms with Crippen LogP contribution in [0, 0.1) is 28.6 Å². The minimum Gasteiger partial charge on any atom is -0.458 e.